The Hall–Kier alpha value is -2.62. The number of likely N-dealkylation sites (tertiary alicyclic amines) is 1. The van der Waals surface area contributed by atoms with E-state index in [0.717, 1.165) is 42.5 Å². The van der Waals surface area contributed by atoms with E-state index in [0.29, 0.717) is 5.92 Å². The molecule has 1 saturated heterocycles. The minimum atomic E-state index is 0.119. The van der Waals surface area contributed by atoms with Gasteiger partial charge in [0, 0.05) is 18.7 Å². The van der Waals surface area contributed by atoms with Gasteiger partial charge in [-0.15, -0.1) is 0 Å². The molecule has 1 fully saturated rings. The Morgan fingerprint density at radius 2 is 1.87 bits per heavy atom. The summed E-state index contributed by atoms with van der Waals surface area (Å²) in [5.74, 6) is 0.684. The van der Waals surface area contributed by atoms with Crippen LogP contribution in [0.1, 0.15) is 34.7 Å². The van der Waals surface area contributed by atoms with Crippen LogP contribution in [-0.2, 0) is 0 Å². The molecule has 0 unspecified atom stereocenters. The Morgan fingerprint density at radius 1 is 1.09 bits per heavy atom. The first-order chi connectivity index (χ1) is 11.3. The minimum absolute atomic E-state index is 0.119. The highest BCUT2D eigenvalue weighted by Crippen LogP contribution is 2.28. The van der Waals surface area contributed by atoms with Crippen LogP contribution in [0.5, 0.6) is 0 Å². The van der Waals surface area contributed by atoms with Crippen molar-refractivity contribution in [1.29, 1.82) is 0 Å². The van der Waals surface area contributed by atoms with Gasteiger partial charge in [0.2, 0.25) is 0 Å². The van der Waals surface area contributed by atoms with Gasteiger partial charge in [-0.3, -0.25) is 4.79 Å². The number of carbonyl (C=O) groups is 1. The highest BCUT2D eigenvalue weighted by molar-refractivity contribution is 5.97. The van der Waals surface area contributed by atoms with Gasteiger partial charge in [-0.1, -0.05) is 30.3 Å². The lowest BCUT2D eigenvalue weighted by molar-refractivity contribution is 0.0713. The third-order valence-corrected chi connectivity index (χ3v) is 4.72. The number of nitrogens with zero attached hydrogens (tertiary/aromatic N) is 2. The van der Waals surface area contributed by atoms with Gasteiger partial charge in [0.1, 0.15) is 0 Å². The lowest BCUT2D eigenvalue weighted by Crippen LogP contribution is -2.37. The molecule has 2 aromatic carbocycles. The molecule has 4 heteroatoms. The second-order valence-electron chi connectivity index (χ2n) is 6.11. The van der Waals surface area contributed by atoms with Crippen LogP contribution in [0.4, 0.5) is 0 Å². The molecule has 2 heterocycles. The van der Waals surface area contributed by atoms with Crippen LogP contribution in [0, 0.1) is 0 Å². The second-order valence-corrected chi connectivity index (χ2v) is 6.11. The Morgan fingerprint density at radius 3 is 2.65 bits per heavy atom. The lowest BCUT2D eigenvalue weighted by atomic mass is 9.89. The maximum atomic E-state index is 12.7. The molecule has 23 heavy (non-hydrogen) atoms. The van der Waals surface area contributed by atoms with Crippen LogP contribution in [0.15, 0.2) is 54.9 Å². The van der Waals surface area contributed by atoms with Gasteiger partial charge >= 0.3 is 0 Å². The number of amides is 1. The van der Waals surface area contributed by atoms with Crippen LogP contribution in [0.25, 0.3) is 11.0 Å². The van der Waals surface area contributed by atoms with E-state index in [1.165, 1.54) is 5.56 Å². The standard InChI is InChI=1S/C19H19N3O/c23-19(16-6-7-17-18(12-16)21-13-20-17)22-10-8-15(9-11-22)14-4-2-1-3-5-14/h1-7,12-13,15H,8-11H2,(H,20,21). The van der Waals surface area contributed by atoms with Crippen molar-refractivity contribution >= 4 is 16.9 Å². The third-order valence-electron chi connectivity index (χ3n) is 4.72. The first kappa shape index (κ1) is 14.0. The predicted molar refractivity (Wildman–Crippen MR) is 90.4 cm³/mol. The van der Waals surface area contributed by atoms with Crippen molar-refractivity contribution in [1.82, 2.24) is 14.9 Å². The molecule has 116 valence electrons. The summed E-state index contributed by atoms with van der Waals surface area (Å²) < 4.78 is 0. The first-order valence-electron chi connectivity index (χ1n) is 8.08. The number of carbonyl (C=O) groups excluding carboxylic acids is 1. The van der Waals surface area contributed by atoms with Gasteiger partial charge < -0.3 is 9.88 Å². The normalized spacial score (nSPS) is 15.9. The van der Waals surface area contributed by atoms with Crippen LogP contribution >= 0.6 is 0 Å². The quantitative estimate of drug-likeness (QED) is 0.786. The van der Waals surface area contributed by atoms with Crippen molar-refractivity contribution in [3.05, 3.63) is 66.0 Å². The van der Waals surface area contributed by atoms with Crippen LogP contribution < -0.4 is 0 Å². The highest BCUT2D eigenvalue weighted by Gasteiger charge is 2.24. The molecule has 1 amide bonds. The third kappa shape index (κ3) is 2.72. The number of piperidine rings is 1. The zero-order valence-electron chi connectivity index (χ0n) is 12.9. The van der Waals surface area contributed by atoms with Crippen LogP contribution in [0.3, 0.4) is 0 Å². The Bertz CT molecular complexity index is 817. The summed E-state index contributed by atoms with van der Waals surface area (Å²) >= 11 is 0. The fourth-order valence-corrected chi connectivity index (χ4v) is 3.39. The first-order valence-corrected chi connectivity index (χ1v) is 8.08. The second kappa shape index (κ2) is 5.88. The molecular weight excluding hydrogens is 286 g/mol. The smallest absolute Gasteiger partial charge is 0.253 e. The summed E-state index contributed by atoms with van der Waals surface area (Å²) in [6.45, 7) is 1.64. The molecule has 1 N–H and O–H groups in total. The lowest BCUT2D eigenvalue weighted by Gasteiger charge is -2.32. The number of benzene rings is 2. The number of rotatable bonds is 2. The molecule has 4 nitrogen and oxygen atoms in total. The summed E-state index contributed by atoms with van der Waals surface area (Å²) in [4.78, 5) is 21.9. The van der Waals surface area contributed by atoms with Gasteiger partial charge in [0.25, 0.3) is 5.91 Å². The topological polar surface area (TPSA) is 49.0 Å². The molecule has 0 bridgehead atoms. The van der Waals surface area contributed by atoms with Gasteiger partial charge in [0.15, 0.2) is 0 Å². The van der Waals surface area contributed by atoms with Gasteiger partial charge in [-0.05, 0) is 42.5 Å². The molecule has 1 aromatic heterocycles. The molecule has 4 rings (SSSR count). The number of nitrogens with one attached hydrogen (secondary N) is 1. The van der Waals surface area contributed by atoms with Crippen molar-refractivity contribution in [2.75, 3.05) is 13.1 Å². The van der Waals surface area contributed by atoms with E-state index in [1.54, 1.807) is 6.33 Å². The average Bonchev–Trinajstić information content (AvgIpc) is 3.10. The molecule has 0 radical (unpaired) electrons. The Labute approximate surface area is 135 Å². The fourth-order valence-electron chi connectivity index (χ4n) is 3.39. The summed E-state index contributed by atoms with van der Waals surface area (Å²) in [5.41, 5.74) is 3.93. The molecule has 1 aliphatic rings. The molecule has 1 aliphatic heterocycles. The molecule has 0 spiro atoms. The predicted octanol–water partition coefficient (Wildman–Crippen LogP) is 3.58. The maximum Gasteiger partial charge on any atom is 0.253 e. The largest absolute Gasteiger partial charge is 0.345 e. The summed E-state index contributed by atoms with van der Waals surface area (Å²) in [5, 5.41) is 0. The Kier molecular flexibility index (Phi) is 3.58. The number of aromatic nitrogens is 2. The van der Waals surface area contributed by atoms with E-state index in [2.05, 4.69) is 34.2 Å². The number of imidazole rings is 1. The molecule has 3 aromatic rings. The number of hydrogen-bond donors (Lipinski definition) is 1. The van der Waals surface area contributed by atoms with E-state index in [9.17, 15) is 4.79 Å². The van der Waals surface area contributed by atoms with E-state index in [1.807, 2.05) is 29.2 Å². The van der Waals surface area contributed by atoms with Crippen molar-refractivity contribution in [2.24, 2.45) is 0 Å². The maximum absolute atomic E-state index is 12.7. The Balaban J connectivity index is 1.46. The molecule has 0 atom stereocenters. The van der Waals surface area contributed by atoms with Crippen molar-refractivity contribution < 1.29 is 4.79 Å². The molecule has 0 aliphatic carbocycles. The fraction of sp³-hybridized carbons (Fsp3) is 0.263. The zero-order chi connectivity index (χ0) is 15.6. The monoisotopic (exact) mass is 305 g/mol. The summed E-state index contributed by atoms with van der Waals surface area (Å²) in [7, 11) is 0. The van der Waals surface area contributed by atoms with Crippen LogP contribution in [0.2, 0.25) is 0 Å². The molecule has 0 saturated carbocycles. The summed E-state index contributed by atoms with van der Waals surface area (Å²) in [6, 6.07) is 16.3. The van der Waals surface area contributed by atoms with Gasteiger partial charge in [0.05, 0.1) is 17.4 Å². The van der Waals surface area contributed by atoms with Crippen LogP contribution in [-0.4, -0.2) is 33.9 Å². The van der Waals surface area contributed by atoms with E-state index in [-0.39, 0.29) is 5.91 Å². The van der Waals surface area contributed by atoms with E-state index in [4.69, 9.17) is 0 Å². The van der Waals surface area contributed by atoms with Crippen molar-refractivity contribution in [3.8, 4) is 0 Å². The highest BCUT2D eigenvalue weighted by atomic mass is 16.2. The zero-order valence-corrected chi connectivity index (χ0v) is 12.9. The minimum Gasteiger partial charge on any atom is -0.345 e. The van der Waals surface area contributed by atoms with Crippen molar-refractivity contribution in [2.45, 2.75) is 18.8 Å². The SMILES string of the molecule is O=C(c1ccc2nc[nH]c2c1)N1CCC(c2ccccc2)CC1. The molecular formula is C19H19N3O. The number of H-pyrrole nitrogens is 1. The van der Waals surface area contributed by atoms with E-state index >= 15 is 0 Å². The average molecular weight is 305 g/mol. The number of fused-ring (bicyclic) bond motifs is 1. The van der Waals surface area contributed by atoms with Gasteiger partial charge in [-0.25, -0.2) is 4.98 Å². The number of hydrogen-bond acceptors (Lipinski definition) is 2. The summed E-state index contributed by atoms with van der Waals surface area (Å²) in [6.07, 6.45) is 3.72. The van der Waals surface area contributed by atoms with Crippen molar-refractivity contribution in [3.63, 3.8) is 0 Å². The van der Waals surface area contributed by atoms with Gasteiger partial charge in [-0.2, -0.15) is 0 Å². The van der Waals surface area contributed by atoms with E-state index < -0.39 is 0 Å². The number of aromatic amines is 1.